The lowest BCUT2D eigenvalue weighted by molar-refractivity contribution is -0.142. The molecule has 25 heavy (non-hydrogen) atoms. The van der Waals surface area contributed by atoms with Crippen molar-refractivity contribution >= 4 is 22.3 Å². The van der Waals surface area contributed by atoms with Gasteiger partial charge in [-0.3, -0.25) is 19.5 Å². The minimum absolute atomic E-state index is 0.105. The predicted octanol–water partition coefficient (Wildman–Crippen LogP) is -1.71. The quantitative estimate of drug-likeness (QED) is 0.375. The summed E-state index contributed by atoms with van der Waals surface area (Å²) in [4.78, 5) is 30.9. The van der Waals surface area contributed by atoms with Crippen molar-refractivity contribution in [2.45, 2.75) is 43.5 Å². The first-order chi connectivity index (χ1) is 11.8. The second kappa shape index (κ2) is 6.73. The molecule has 0 aromatic heterocycles. The predicted molar refractivity (Wildman–Crippen MR) is 78.4 cm³/mol. The molecule has 3 heterocycles. The summed E-state index contributed by atoms with van der Waals surface area (Å²) in [6.45, 7) is 0.526. The number of urea groups is 1. The molecule has 3 saturated heterocycles. The largest absolute Gasteiger partial charge is 0.418 e. The maximum atomic E-state index is 12.3. The van der Waals surface area contributed by atoms with E-state index in [2.05, 4.69) is 21.1 Å². The molecule has 3 aliphatic heterocycles. The molecule has 3 amide bonds. The van der Waals surface area contributed by atoms with Crippen LogP contribution in [0.3, 0.4) is 0 Å². The number of nitrogens with one attached hydrogen (secondary N) is 2. The van der Waals surface area contributed by atoms with Crippen molar-refractivity contribution < 1.29 is 31.7 Å². The van der Waals surface area contributed by atoms with Crippen molar-refractivity contribution in [2.75, 3.05) is 13.1 Å². The second-order valence-corrected chi connectivity index (χ2v) is 7.05. The van der Waals surface area contributed by atoms with Crippen molar-refractivity contribution in [3.05, 3.63) is 0 Å². The van der Waals surface area contributed by atoms with Gasteiger partial charge in [-0.15, -0.1) is 4.28 Å². The van der Waals surface area contributed by atoms with Crippen molar-refractivity contribution in [3.63, 3.8) is 0 Å². The van der Waals surface area contributed by atoms with E-state index in [0.29, 0.717) is 30.9 Å². The van der Waals surface area contributed by atoms with E-state index in [9.17, 15) is 18.0 Å². The third-order valence-corrected chi connectivity index (χ3v) is 4.72. The topological polar surface area (TPSA) is 161 Å². The third kappa shape index (κ3) is 3.83. The summed E-state index contributed by atoms with van der Waals surface area (Å²) >= 11 is 0. The van der Waals surface area contributed by atoms with Gasteiger partial charge in [0.15, 0.2) is 0 Å². The van der Waals surface area contributed by atoms with E-state index >= 15 is 0 Å². The molecule has 0 radical (unpaired) electrons. The Kier molecular flexibility index (Phi) is 4.80. The van der Waals surface area contributed by atoms with E-state index in [1.54, 1.807) is 0 Å². The lowest BCUT2D eigenvalue weighted by Gasteiger charge is -2.29. The highest BCUT2D eigenvalue weighted by atomic mass is 32.3. The Morgan fingerprint density at radius 3 is 2.84 bits per heavy atom. The number of rotatable bonds is 5. The van der Waals surface area contributed by atoms with E-state index in [4.69, 9.17) is 14.7 Å². The molecule has 0 aromatic rings. The molecular formula is C12H17N5O7S. The van der Waals surface area contributed by atoms with Crippen molar-refractivity contribution in [2.24, 2.45) is 0 Å². The summed E-state index contributed by atoms with van der Waals surface area (Å²) in [7, 11) is -4.83. The van der Waals surface area contributed by atoms with Crippen LogP contribution in [-0.4, -0.2) is 72.2 Å². The Hall–Kier alpha value is -1.98. The Labute approximate surface area is 143 Å². The van der Waals surface area contributed by atoms with E-state index in [1.165, 1.54) is 4.90 Å². The molecule has 0 aromatic carbocycles. The maximum Gasteiger partial charge on any atom is 0.418 e. The number of nitrogens with zero attached hydrogens (tertiary/aromatic N) is 3. The van der Waals surface area contributed by atoms with Gasteiger partial charge in [0, 0.05) is 19.5 Å². The molecule has 3 N–H and O–H groups in total. The zero-order valence-electron chi connectivity index (χ0n) is 13.0. The van der Waals surface area contributed by atoms with Gasteiger partial charge in [0.1, 0.15) is 12.1 Å². The molecule has 4 atom stereocenters. The van der Waals surface area contributed by atoms with Crippen LogP contribution in [0.4, 0.5) is 4.79 Å². The van der Waals surface area contributed by atoms with Gasteiger partial charge in [-0.1, -0.05) is 0 Å². The molecular weight excluding hydrogens is 358 g/mol. The molecule has 13 heteroatoms. The molecule has 0 aliphatic carbocycles. The van der Waals surface area contributed by atoms with Gasteiger partial charge in [0.05, 0.1) is 18.2 Å². The van der Waals surface area contributed by atoms with E-state index in [1.807, 2.05) is 0 Å². The third-order valence-electron chi connectivity index (χ3n) is 4.37. The average molecular weight is 375 g/mol. The zero-order valence-corrected chi connectivity index (χ0v) is 13.8. The first-order valence-corrected chi connectivity index (χ1v) is 9.00. The highest BCUT2D eigenvalue weighted by Crippen LogP contribution is 2.30. The molecule has 0 saturated carbocycles. The molecule has 0 spiro atoms. The smallest absolute Gasteiger partial charge is 0.309 e. The summed E-state index contributed by atoms with van der Waals surface area (Å²) in [6.07, 6.45) is 0.707. The zero-order chi connectivity index (χ0) is 18.2. The molecule has 3 aliphatic rings. The van der Waals surface area contributed by atoms with Gasteiger partial charge in [-0.05, 0) is 12.8 Å². The number of piperidine rings is 1. The summed E-state index contributed by atoms with van der Waals surface area (Å²) in [5.41, 5.74) is 2.30. The lowest BCUT2D eigenvalue weighted by Crippen LogP contribution is -2.50. The van der Waals surface area contributed by atoms with Gasteiger partial charge in [0.2, 0.25) is 0 Å². The monoisotopic (exact) mass is 375 g/mol. The molecule has 12 nitrogen and oxygen atoms in total. The van der Waals surface area contributed by atoms with E-state index < -0.39 is 34.4 Å². The number of hydrogen-bond acceptors (Lipinski definition) is 8. The number of fused-ring (bicyclic) bond motifs is 2. The van der Waals surface area contributed by atoms with Crippen LogP contribution in [0.1, 0.15) is 19.3 Å². The molecule has 3 fully saturated rings. The van der Waals surface area contributed by atoms with E-state index in [-0.39, 0.29) is 18.7 Å². The lowest BCUT2D eigenvalue weighted by atomic mass is 10.0. The molecule has 3 rings (SSSR count). The van der Waals surface area contributed by atoms with Crippen LogP contribution in [0.15, 0.2) is 0 Å². The average Bonchev–Trinajstić information content (AvgIpc) is 3.11. The highest BCUT2D eigenvalue weighted by molar-refractivity contribution is 7.80. The van der Waals surface area contributed by atoms with Crippen molar-refractivity contribution in [1.82, 2.24) is 20.8 Å². The number of hydrogen-bond donors (Lipinski definition) is 3. The van der Waals surface area contributed by atoms with Crippen LogP contribution < -0.4 is 10.8 Å². The Balaban J connectivity index is 1.56. The Bertz CT molecular complexity index is 707. The van der Waals surface area contributed by atoms with Crippen LogP contribution in [0.5, 0.6) is 0 Å². The molecule has 2 unspecified atom stereocenters. The highest BCUT2D eigenvalue weighted by Gasteiger charge is 2.49. The Morgan fingerprint density at radius 1 is 1.44 bits per heavy atom. The van der Waals surface area contributed by atoms with Crippen LogP contribution in [0.2, 0.25) is 0 Å². The van der Waals surface area contributed by atoms with Gasteiger partial charge in [-0.2, -0.15) is 18.7 Å². The number of carbonyl (C=O) groups is 2. The van der Waals surface area contributed by atoms with E-state index in [0.717, 1.165) is 0 Å². The van der Waals surface area contributed by atoms with Gasteiger partial charge in [-0.25, -0.2) is 10.3 Å². The van der Waals surface area contributed by atoms with Crippen LogP contribution in [0.25, 0.3) is 0 Å². The number of amides is 3. The summed E-state index contributed by atoms with van der Waals surface area (Å²) < 4.78 is 34.7. The number of hydroxylamine groups is 3. The number of nitriles is 1. The standard InChI is InChI=1S/C12H17N5O7S/c13-4-7-3-9(5-14-7)23-15-11(18)10-2-1-8-6-16(10)12(19)17(8)24-25(20,21)22/h7-10,14H,1-3,5-6H2,(H,15,18)(H,20,21,22)/t7-,8?,9-,10?/m0/s1. The first kappa shape index (κ1) is 17.8. The van der Waals surface area contributed by atoms with Crippen LogP contribution in [-0.2, 0) is 24.3 Å². The minimum atomic E-state index is -4.83. The summed E-state index contributed by atoms with van der Waals surface area (Å²) in [5.74, 6) is -0.541. The minimum Gasteiger partial charge on any atom is -0.309 e. The fourth-order valence-electron chi connectivity index (χ4n) is 3.20. The second-order valence-electron chi connectivity index (χ2n) is 6.04. The van der Waals surface area contributed by atoms with Gasteiger partial charge >= 0.3 is 16.4 Å². The van der Waals surface area contributed by atoms with Crippen molar-refractivity contribution in [1.29, 1.82) is 5.26 Å². The molecule has 2 bridgehead atoms. The van der Waals surface area contributed by atoms with Gasteiger partial charge in [0.25, 0.3) is 5.91 Å². The van der Waals surface area contributed by atoms with Crippen LogP contribution >= 0.6 is 0 Å². The maximum absolute atomic E-state index is 12.3. The number of carbonyl (C=O) groups excluding carboxylic acids is 2. The SMILES string of the molecule is N#C[C@@H]1C[C@H](ONC(=O)C2CCC3CN2C(=O)N3OS(=O)(=O)O)CN1. The normalized spacial score (nSPS) is 31.9. The summed E-state index contributed by atoms with van der Waals surface area (Å²) in [5, 5.41) is 12.3. The van der Waals surface area contributed by atoms with Gasteiger partial charge < -0.3 is 4.90 Å². The van der Waals surface area contributed by atoms with Crippen molar-refractivity contribution in [3.8, 4) is 6.07 Å². The molecule has 138 valence electrons. The first-order valence-electron chi connectivity index (χ1n) is 7.64. The fourth-order valence-corrected chi connectivity index (χ4v) is 3.59. The fraction of sp³-hybridized carbons (Fsp3) is 0.750. The summed E-state index contributed by atoms with van der Waals surface area (Å²) in [6, 6.07) is -0.486. The Morgan fingerprint density at radius 2 is 2.20 bits per heavy atom. The van der Waals surface area contributed by atoms with Crippen LogP contribution in [0, 0.1) is 11.3 Å².